The maximum Gasteiger partial charge on any atom is 0.193 e. The zero-order chi connectivity index (χ0) is 17.5. The minimum Gasteiger partial charge on any atom is -0.379 e. The largest absolute Gasteiger partial charge is 0.379 e. The third-order valence-corrected chi connectivity index (χ3v) is 5.22. The number of morpholine rings is 1. The Labute approximate surface area is 148 Å². The summed E-state index contributed by atoms with van der Waals surface area (Å²) in [4.78, 5) is 12.0. The Kier molecular flexibility index (Phi) is 7.78. The highest BCUT2D eigenvalue weighted by atomic mass is 16.5. The fourth-order valence-electron chi connectivity index (χ4n) is 3.92. The highest BCUT2D eigenvalue weighted by Crippen LogP contribution is 2.17. The van der Waals surface area contributed by atoms with E-state index in [0.717, 1.165) is 58.4 Å². The van der Waals surface area contributed by atoms with E-state index in [2.05, 4.69) is 52.7 Å². The van der Waals surface area contributed by atoms with Crippen LogP contribution < -0.4 is 5.32 Å². The van der Waals surface area contributed by atoms with Crippen LogP contribution in [0.1, 0.15) is 34.1 Å². The monoisotopic (exact) mass is 339 g/mol. The van der Waals surface area contributed by atoms with Crippen molar-refractivity contribution in [3.8, 4) is 0 Å². The minimum absolute atomic E-state index is 0.575. The second-order valence-electron chi connectivity index (χ2n) is 7.44. The van der Waals surface area contributed by atoms with Crippen molar-refractivity contribution in [3.05, 3.63) is 0 Å². The summed E-state index contributed by atoms with van der Waals surface area (Å²) < 4.78 is 5.47. The van der Waals surface area contributed by atoms with Crippen molar-refractivity contribution in [2.45, 2.75) is 52.2 Å². The summed E-state index contributed by atoms with van der Waals surface area (Å²) in [7, 11) is 1.90. The maximum absolute atomic E-state index is 5.47. The molecule has 0 aromatic heterocycles. The number of hydrogen-bond donors (Lipinski definition) is 1. The summed E-state index contributed by atoms with van der Waals surface area (Å²) in [5.74, 6) is 1.05. The average Bonchev–Trinajstić information content (AvgIpc) is 3.05. The van der Waals surface area contributed by atoms with Crippen LogP contribution in [0.4, 0.5) is 0 Å². The molecule has 0 aromatic rings. The van der Waals surface area contributed by atoms with Crippen molar-refractivity contribution < 1.29 is 4.74 Å². The first-order chi connectivity index (χ1) is 11.5. The number of hydrogen-bond acceptors (Lipinski definition) is 4. The second-order valence-corrected chi connectivity index (χ2v) is 7.44. The van der Waals surface area contributed by atoms with Crippen molar-refractivity contribution >= 4 is 5.96 Å². The van der Waals surface area contributed by atoms with E-state index in [9.17, 15) is 0 Å². The van der Waals surface area contributed by atoms with E-state index in [-0.39, 0.29) is 0 Å². The van der Waals surface area contributed by atoms with Gasteiger partial charge in [0.2, 0.25) is 0 Å². The van der Waals surface area contributed by atoms with Gasteiger partial charge in [-0.05, 0) is 34.1 Å². The Morgan fingerprint density at radius 2 is 1.83 bits per heavy atom. The highest BCUT2D eigenvalue weighted by molar-refractivity contribution is 5.80. The number of guanidine groups is 1. The SMILES string of the molecule is CN=C(NCCN(C(C)C)C(C)C)N1CCC(N2CCOCC2)C1. The molecule has 0 bridgehead atoms. The third kappa shape index (κ3) is 5.33. The van der Waals surface area contributed by atoms with Crippen LogP contribution in [0.5, 0.6) is 0 Å². The van der Waals surface area contributed by atoms with Gasteiger partial charge in [-0.1, -0.05) is 0 Å². The van der Waals surface area contributed by atoms with Gasteiger partial charge in [-0.3, -0.25) is 14.8 Å². The first-order valence-electron chi connectivity index (χ1n) is 9.56. The summed E-state index contributed by atoms with van der Waals surface area (Å²) in [6, 6.07) is 1.80. The van der Waals surface area contributed by atoms with Gasteiger partial charge >= 0.3 is 0 Å². The van der Waals surface area contributed by atoms with Crippen LogP contribution in [-0.2, 0) is 4.74 Å². The molecular weight excluding hydrogens is 302 g/mol. The Bertz CT molecular complexity index is 385. The quantitative estimate of drug-likeness (QED) is 0.580. The molecule has 140 valence electrons. The number of aliphatic imine (C=N–C) groups is 1. The van der Waals surface area contributed by atoms with Gasteiger partial charge in [0.1, 0.15) is 0 Å². The predicted octanol–water partition coefficient (Wildman–Crippen LogP) is 1.09. The van der Waals surface area contributed by atoms with Crippen LogP contribution in [0.3, 0.4) is 0 Å². The lowest BCUT2D eigenvalue weighted by atomic mass is 10.2. The molecule has 1 N–H and O–H groups in total. The molecule has 1 unspecified atom stereocenters. The molecule has 0 aromatic carbocycles. The molecule has 0 radical (unpaired) electrons. The molecule has 24 heavy (non-hydrogen) atoms. The van der Waals surface area contributed by atoms with Crippen molar-refractivity contribution in [2.24, 2.45) is 4.99 Å². The first-order valence-corrected chi connectivity index (χ1v) is 9.56. The molecule has 2 rings (SSSR count). The molecule has 6 nitrogen and oxygen atoms in total. The van der Waals surface area contributed by atoms with Gasteiger partial charge in [0, 0.05) is 64.4 Å². The molecule has 2 aliphatic heterocycles. The van der Waals surface area contributed by atoms with E-state index in [4.69, 9.17) is 4.74 Å². The van der Waals surface area contributed by atoms with Gasteiger partial charge in [0.05, 0.1) is 13.2 Å². The van der Waals surface area contributed by atoms with Crippen LogP contribution in [0.15, 0.2) is 4.99 Å². The number of ether oxygens (including phenoxy) is 1. The smallest absolute Gasteiger partial charge is 0.193 e. The van der Waals surface area contributed by atoms with Gasteiger partial charge in [-0.2, -0.15) is 0 Å². The topological polar surface area (TPSA) is 43.3 Å². The van der Waals surface area contributed by atoms with Gasteiger partial charge in [-0.25, -0.2) is 0 Å². The van der Waals surface area contributed by atoms with Crippen LogP contribution >= 0.6 is 0 Å². The van der Waals surface area contributed by atoms with E-state index in [0.29, 0.717) is 18.1 Å². The van der Waals surface area contributed by atoms with Gasteiger partial charge in [-0.15, -0.1) is 0 Å². The maximum atomic E-state index is 5.47. The number of nitrogens with zero attached hydrogens (tertiary/aromatic N) is 4. The van der Waals surface area contributed by atoms with E-state index < -0.39 is 0 Å². The molecule has 0 aliphatic carbocycles. The fourth-order valence-corrected chi connectivity index (χ4v) is 3.92. The lowest BCUT2D eigenvalue weighted by Crippen LogP contribution is -2.48. The van der Waals surface area contributed by atoms with Crippen molar-refractivity contribution in [1.82, 2.24) is 20.0 Å². The molecule has 6 heteroatoms. The Hall–Kier alpha value is -0.850. The zero-order valence-electron chi connectivity index (χ0n) is 16.3. The van der Waals surface area contributed by atoms with Crippen LogP contribution in [-0.4, -0.2) is 98.3 Å². The Balaban J connectivity index is 1.77. The molecule has 2 heterocycles. The summed E-state index contributed by atoms with van der Waals surface area (Å²) >= 11 is 0. The second kappa shape index (κ2) is 9.59. The van der Waals surface area contributed by atoms with Crippen molar-refractivity contribution in [3.63, 3.8) is 0 Å². The molecular formula is C18H37N5O. The van der Waals surface area contributed by atoms with Crippen LogP contribution in [0.2, 0.25) is 0 Å². The Morgan fingerprint density at radius 1 is 1.17 bits per heavy atom. The highest BCUT2D eigenvalue weighted by Gasteiger charge is 2.30. The number of rotatable bonds is 6. The summed E-state index contributed by atoms with van der Waals surface area (Å²) in [6.45, 7) is 17.1. The van der Waals surface area contributed by atoms with E-state index in [1.54, 1.807) is 0 Å². The number of nitrogens with one attached hydrogen (secondary N) is 1. The van der Waals surface area contributed by atoms with E-state index >= 15 is 0 Å². The minimum atomic E-state index is 0.575. The normalized spacial score (nSPS) is 23.8. The van der Waals surface area contributed by atoms with Crippen molar-refractivity contribution in [2.75, 3.05) is 59.5 Å². The van der Waals surface area contributed by atoms with Crippen LogP contribution in [0.25, 0.3) is 0 Å². The fraction of sp³-hybridized carbons (Fsp3) is 0.944. The summed E-state index contributed by atoms with van der Waals surface area (Å²) in [5.41, 5.74) is 0. The predicted molar refractivity (Wildman–Crippen MR) is 101 cm³/mol. The molecule has 1 atom stereocenters. The molecule has 2 aliphatic rings. The lowest BCUT2D eigenvalue weighted by molar-refractivity contribution is 0.0195. The molecule has 2 fully saturated rings. The molecule has 0 saturated carbocycles. The first kappa shape index (κ1) is 19.5. The van der Waals surface area contributed by atoms with Crippen molar-refractivity contribution in [1.29, 1.82) is 0 Å². The van der Waals surface area contributed by atoms with Crippen LogP contribution in [0, 0.1) is 0 Å². The average molecular weight is 340 g/mol. The van der Waals surface area contributed by atoms with Gasteiger partial charge < -0.3 is 15.0 Å². The standard InChI is InChI=1S/C18H37N5O/c1-15(2)23(16(3)4)9-7-20-18(19-5)22-8-6-17(14-22)21-10-12-24-13-11-21/h15-17H,6-14H2,1-5H3,(H,19,20). The van der Waals surface area contributed by atoms with E-state index in [1.165, 1.54) is 6.42 Å². The Morgan fingerprint density at radius 3 is 2.42 bits per heavy atom. The molecule has 0 spiro atoms. The zero-order valence-corrected chi connectivity index (χ0v) is 16.3. The lowest BCUT2D eigenvalue weighted by Gasteiger charge is -2.33. The molecule has 2 saturated heterocycles. The van der Waals surface area contributed by atoms with Gasteiger partial charge in [0.25, 0.3) is 0 Å². The van der Waals surface area contributed by atoms with Gasteiger partial charge in [0.15, 0.2) is 5.96 Å². The summed E-state index contributed by atoms with van der Waals surface area (Å²) in [6.07, 6.45) is 1.23. The molecule has 0 amide bonds. The third-order valence-electron chi connectivity index (χ3n) is 5.22. The number of likely N-dealkylation sites (tertiary alicyclic amines) is 1. The van der Waals surface area contributed by atoms with E-state index in [1.807, 2.05) is 7.05 Å². The summed E-state index contributed by atoms with van der Waals surface area (Å²) in [5, 5.41) is 3.57.